The fourth-order valence-electron chi connectivity index (χ4n) is 1.90. The fourth-order valence-corrected chi connectivity index (χ4v) is 1.90. The number of hydrogen-bond donors (Lipinski definition) is 1. The number of carboxylic acid groups (broad SMARTS) is 1. The quantitative estimate of drug-likeness (QED) is 0.766. The van der Waals surface area contributed by atoms with Gasteiger partial charge < -0.3 is 5.11 Å². The van der Waals surface area contributed by atoms with Gasteiger partial charge in [0, 0.05) is 19.2 Å². The van der Waals surface area contributed by atoms with Crippen LogP contribution in [0.15, 0.2) is 36.4 Å². The molecule has 1 aromatic carbocycles. The van der Waals surface area contributed by atoms with Gasteiger partial charge >= 0.3 is 5.97 Å². The maximum Gasteiger partial charge on any atom is 0.328 e. The van der Waals surface area contributed by atoms with Gasteiger partial charge in [-0.05, 0) is 30.5 Å². The SMILES string of the molecule is CCC(C)c1ccc(CN(C)C/C=C/C(=O)O)cc1. The van der Waals surface area contributed by atoms with Crippen molar-refractivity contribution in [3.8, 4) is 0 Å². The van der Waals surface area contributed by atoms with Crippen molar-refractivity contribution in [2.24, 2.45) is 0 Å². The molecule has 0 bridgehead atoms. The van der Waals surface area contributed by atoms with Gasteiger partial charge in [-0.1, -0.05) is 44.2 Å². The predicted octanol–water partition coefficient (Wildman–Crippen LogP) is 3.27. The fraction of sp³-hybridized carbons (Fsp3) is 0.438. The highest BCUT2D eigenvalue weighted by molar-refractivity contribution is 5.79. The van der Waals surface area contributed by atoms with Crippen LogP contribution in [0.4, 0.5) is 0 Å². The Morgan fingerprint density at radius 3 is 2.53 bits per heavy atom. The molecule has 1 rings (SSSR count). The van der Waals surface area contributed by atoms with Crippen LogP contribution in [0.1, 0.15) is 37.3 Å². The van der Waals surface area contributed by atoms with Crippen molar-refractivity contribution in [2.45, 2.75) is 32.7 Å². The molecule has 19 heavy (non-hydrogen) atoms. The molecule has 0 aromatic heterocycles. The van der Waals surface area contributed by atoms with Gasteiger partial charge in [-0.3, -0.25) is 4.90 Å². The topological polar surface area (TPSA) is 40.5 Å². The average Bonchev–Trinajstić information content (AvgIpc) is 2.38. The summed E-state index contributed by atoms with van der Waals surface area (Å²) in [7, 11) is 1.98. The predicted molar refractivity (Wildman–Crippen MR) is 78.3 cm³/mol. The number of aliphatic carboxylic acids is 1. The summed E-state index contributed by atoms with van der Waals surface area (Å²) in [6.07, 6.45) is 4.00. The first-order valence-electron chi connectivity index (χ1n) is 6.69. The number of nitrogens with zero attached hydrogens (tertiary/aromatic N) is 1. The second kappa shape index (κ2) is 7.74. The van der Waals surface area contributed by atoms with Crippen molar-refractivity contribution in [1.29, 1.82) is 0 Å². The third-order valence-electron chi connectivity index (χ3n) is 3.29. The van der Waals surface area contributed by atoms with E-state index >= 15 is 0 Å². The molecule has 1 aromatic rings. The minimum Gasteiger partial charge on any atom is -0.478 e. The molecule has 0 saturated carbocycles. The van der Waals surface area contributed by atoms with Crippen LogP contribution >= 0.6 is 0 Å². The highest BCUT2D eigenvalue weighted by Crippen LogP contribution is 2.19. The summed E-state index contributed by atoms with van der Waals surface area (Å²) in [6.45, 7) is 5.89. The molecule has 0 spiro atoms. The molecule has 0 aliphatic heterocycles. The van der Waals surface area contributed by atoms with Crippen molar-refractivity contribution in [2.75, 3.05) is 13.6 Å². The van der Waals surface area contributed by atoms with Gasteiger partial charge in [0.25, 0.3) is 0 Å². The van der Waals surface area contributed by atoms with E-state index in [4.69, 9.17) is 5.11 Å². The molecule has 104 valence electrons. The zero-order valence-corrected chi connectivity index (χ0v) is 12.0. The lowest BCUT2D eigenvalue weighted by Gasteiger charge is -2.15. The lowest BCUT2D eigenvalue weighted by molar-refractivity contribution is -0.131. The molecule has 1 atom stereocenters. The summed E-state index contributed by atoms with van der Waals surface area (Å²) in [5.41, 5.74) is 2.62. The third-order valence-corrected chi connectivity index (χ3v) is 3.29. The number of hydrogen-bond acceptors (Lipinski definition) is 2. The Labute approximate surface area is 115 Å². The highest BCUT2D eigenvalue weighted by Gasteiger charge is 2.03. The van der Waals surface area contributed by atoms with Crippen molar-refractivity contribution in [1.82, 2.24) is 4.90 Å². The first kappa shape index (κ1) is 15.4. The lowest BCUT2D eigenvalue weighted by atomic mass is 9.97. The first-order chi connectivity index (χ1) is 9.02. The molecule has 0 aliphatic rings. The van der Waals surface area contributed by atoms with E-state index in [9.17, 15) is 4.79 Å². The van der Waals surface area contributed by atoms with E-state index in [0.717, 1.165) is 13.0 Å². The van der Waals surface area contributed by atoms with Crippen LogP contribution in [0.2, 0.25) is 0 Å². The van der Waals surface area contributed by atoms with E-state index < -0.39 is 5.97 Å². The Hall–Kier alpha value is -1.61. The standard InChI is InChI=1S/C16H23NO2/c1-4-13(2)15-9-7-14(8-10-15)12-17(3)11-5-6-16(18)19/h5-10,13H,4,11-12H2,1-3H3,(H,18,19)/b6-5+. The summed E-state index contributed by atoms with van der Waals surface area (Å²) < 4.78 is 0. The number of benzene rings is 1. The lowest BCUT2D eigenvalue weighted by Crippen LogP contribution is -2.17. The molecule has 0 heterocycles. The van der Waals surface area contributed by atoms with E-state index in [-0.39, 0.29) is 0 Å². The van der Waals surface area contributed by atoms with Crippen molar-refractivity contribution >= 4 is 5.97 Å². The molecular formula is C16H23NO2. The van der Waals surface area contributed by atoms with Crippen LogP contribution in [-0.2, 0) is 11.3 Å². The molecule has 3 heteroatoms. The number of carbonyl (C=O) groups is 1. The molecule has 0 radical (unpaired) electrons. The summed E-state index contributed by atoms with van der Waals surface area (Å²) >= 11 is 0. The Morgan fingerprint density at radius 1 is 1.37 bits per heavy atom. The Kier molecular flexibility index (Phi) is 6.30. The van der Waals surface area contributed by atoms with Gasteiger partial charge in [0.15, 0.2) is 0 Å². The van der Waals surface area contributed by atoms with E-state index in [2.05, 4.69) is 43.0 Å². The Morgan fingerprint density at radius 2 is 2.00 bits per heavy atom. The number of likely N-dealkylation sites (N-methyl/N-ethyl adjacent to an activating group) is 1. The summed E-state index contributed by atoms with van der Waals surface area (Å²) in [5, 5.41) is 8.52. The third kappa shape index (κ3) is 5.71. The monoisotopic (exact) mass is 261 g/mol. The van der Waals surface area contributed by atoms with Crippen molar-refractivity contribution in [3.63, 3.8) is 0 Å². The van der Waals surface area contributed by atoms with Crippen LogP contribution in [-0.4, -0.2) is 29.6 Å². The second-order valence-corrected chi connectivity index (χ2v) is 4.99. The highest BCUT2D eigenvalue weighted by atomic mass is 16.4. The summed E-state index contributed by atoms with van der Waals surface area (Å²) in [5.74, 6) is -0.295. The zero-order chi connectivity index (χ0) is 14.3. The van der Waals surface area contributed by atoms with Gasteiger partial charge in [0.1, 0.15) is 0 Å². The number of carboxylic acids is 1. The van der Waals surface area contributed by atoms with Crippen molar-refractivity contribution < 1.29 is 9.90 Å². The first-order valence-corrected chi connectivity index (χ1v) is 6.69. The van der Waals surface area contributed by atoms with Crippen LogP contribution in [0.25, 0.3) is 0 Å². The zero-order valence-electron chi connectivity index (χ0n) is 12.0. The molecule has 3 nitrogen and oxygen atoms in total. The van der Waals surface area contributed by atoms with Gasteiger partial charge in [-0.2, -0.15) is 0 Å². The second-order valence-electron chi connectivity index (χ2n) is 4.99. The van der Waals surface area contributed by atoms with Gasteiger partial charge in [0.2, 0.25) is 0 Å². The van der Waals surface area contributed by atoms with Gasteiger partial charge in [0.05, 0.1) is 0 Å². The molecule has 0 aliphatic carbocycles. The minimum absolute atomic E-state index is 0.602. The normalized spacial score (nSPS) is 13.1. The molecule has 0 amide bonds. The molecular weight excluding hydrogens is 238 g/mol. The molecule has 0 saturated heterocycles. The molecule has 1 unspecified atom stereocenters. The largest absolute Gasteiger partial charge is 0.478 e. The van der Waals surface area contributed by atoms with Gasteiger partial charge in [-0.25, -0.2) is 4.79 Å². The maximum absolute atomic E-state index is 10.4. The van der Waals surface area contributed by atoms with E-state index in [1.165, 1.54) is 17.2 Å². The molecule has 0 fully saturated rings. The maximum atomic E-state index is 10.4. The Bertz CT molecular complexity index is 423. The molecule has 1 N–H and O–H groups in total. The van der Waals surface area contributed by atoms with E-state index in [1.807, 2.05) is 7.05 Å². The average molecular weight is 261 g/mol. The minimum atomic E-state index is -0.897. The van der Waals surface area contributed by atoms with Crippen LogP contribution < -0.4 is 0 Å². The smallest absolute Gasteiger partial charge is 0.328 e. The van der Waals surface area contributed by atoms with E-state index in [0.29, 0.717) is 12.5 Å². The van der Waals surface area contributed by atoms with Crippen LogP contribution in [0.3, 0.4) is 0 Å². The number of rotatable bonds is 7. The van der Waals surface area contributed by atoms with Crippen molar-refractivity contribution in [3.05, 3.63) is 47.5 Å². The van der Waals surface area contributed by atoms with Gasteiger partial charge in [-0.15, -0.1) is 0 Å². The summed E-state index contributed by atoms with van der Waals surface area (Å²) in [6, 6.07) is 8.67. The Balaban J connectivity index is 2.51. The van der Waals surface area contributed by atoms with E-state index in [1.54, 1.807) is 6.08 Å². The van der Waals surface area contributed by atoms with Crippen LogP contribution in [0, 0.1) is 0 Å². The van der Waals surface area contributed by atoms with Crippen LogP contribution in [0.5, 0.6) is 0 Å². The summed E-state index contributed by atoms with van der Waals surface area (Å²) in [4.78, 5) is 12.4.